The zero-order valence-electron chi connectivity index (χ0n) is 15.9. The third-order valence-corrected chi connectivity index (χ3v) is 4.23. The normalized spacial score (nSPS) is 11.8. The van der Waals surface area contributed by atoms with Crippen LogP contribution in [0.4, 0.5) is 0 Å². The number of hydrogen-bond donors (Lipinski definition) is 4. The number of phenolic OH excluding ortho intramolecular Hbond substituents is 1. The number of aromatic amines is 3. The minimum atomic E-state index is -0.242. The van der Waals surface area contributed by atoms with Crippen LogP contribution in [0.1, 0.15) is 37.7 Å². The van der Waals surface area contributed by atoms with E-state index in [4.69, 9.17) is 0 Å². The van der Waals surface area contributed by atoms with E-state index in [1.807, 2.05) is 39.0 Å². The number of H-pyrrole nitrogens is 3. The summed E-state index contributed by atoms with van der Waals surface area (Å²) < 4.78 is 0. The van der Waals surface area contributed by atoms with Crippen molar-refractivity contribution in [2.75, 3.05) is 0 Å². The summed E-state index contributed by atoms with van der Waals surface area (Å²) in [5.41, 5.74) is 3.93. The predicted octanol–water partition coefficient (Wildman–Crippen LogP) is 2.91. The molecule has 0 aliphatic rings. The molecular weight excluding hydrogens is 356 g/mol. The minimum Gasteiger partial charge on any atom is -0.508 e. The van der Waals surface area contributed by atoms with Crippen LogP contribution in [0.5, 0.6) is 5.75 Å². The van der Waals surface area contributed by atoms with E-state index in [0.29, 0.717) is 34.6 Å². The largest absolute Gasteiger partial charge is 0.508 e. The first-order valence-corrected chi connectivity index (χ1v) is 8.60. The average molecular weight is 378 g/mol. The molecule has 0 spiro atoms. The number of hydrogen-bond acceptors (Lipinski definition) is 5. The number of allylic oxidation sites excluding steroid dienone is 4. The first kappa shape index (κ1) is 20.5. The fourth-order valence-corrected chi connectivity index (χ4v) is 2.90. The lowest BCUT2D eigenvalue weighted by Gasteiger charge is -2.09. The van der Waals surface area contributed by atoms with Gasteiger partial charge in [0.05, 0.1) is 11.3 Å². The quantitative estimate of drug-likeness (QED) is 0.401. The number of nitrogens with zero attached hydrogens (tertiary/aromatic N) is 3. The second-order valence-corrected chi connectivity index (χ2v) is 5.80. The van der Waals surface area contributed by atoms with Crippen LogP contribution in [0.2, 0.25) is 0 Å². The van der Waals surface area contributed by atoms with Gasteiger partial charge in [-0.25, -0.2) is 0 Å². The number of terminal acetylenes is 1. The third kappa shape index (κ3) is 3.94. The van der Waals surface area contributed by atoms with Crippen molar-refractivity contribution in [1.82, 2.24) is 30.8 Å². The summed E-state index contributed by atoms with van der Waals surface area (Å²) in [6.45, 7) is 5.68. The van der Waals surface area contributed by atoms with E-state index in [1.54, 1.807) is 12.1 Å². The van der Waals surface area contributed by atoms with Crippen molar-refractivity contribution in [3.63, 3.8) is 0 Å². The third-order valence-electron chi connectivity index (χ3n) is 4.23. The molecule has 0 atom stereocenters. The fraction of sp³-hybridized carbons (Fsp3) is 0.200. The minimum absolute atomic E-state index is 0.240. The fourth-order valence-electron chi connectivity index (χ4n) is 2.90. The molecule has 0 saturated heterocycles. The average Bonchev–Trinajstić information content (AvgIpc) is 3.37. The Kier molecular flexibility index (Phi) is 6.71. The highest BCUT2D eigenvalue weighted by molar-refractivity contribution is 5.95. The number of rotatable bonds is 5. The van der Waals surface area contributed by atoms with E-state index in [0.717, 1.165) is 11.1 Å². The molecule has 3 aromatic rings. The molecule has 0 radical (unpaired) electrons. The number of phenols is 1. The summed E-state index contributed by atoms with van der Waals surface area (Å²) in [6.07, 6.45) is 12.4. The van der Waals surface area contributed by atoms with Crippen LogP contribution in [0.3, 0.4) is 0 Å². The molecule has 8 nitrogen and oxygen atoms in total. The van der Waals surface area contributed by atoms with Gasteiger partial charge in [-0.05, 0) is 54.8 Å². The van der Waals surface area contributed by atoms with E-state index >= 15 is 0 Å². The topological polar surface area (TPSA) is 123 Å². The summed E-state index contributed by atoms with van der Waals surface area (Å²) in [6, 6.07) is 5.28. The van der Waals surface area contributed by atoms with Crippen molar-refractivity contribution in [2.45, 2.75) is 27.2 Å². The van der Waals surface area contributed by atoms with Crippen molar-refractivity contribution in [2.24, 2.45) is 0 Å². The Bertz CT molecular complexity index is 1070. The van der Waals surface area contributed by atoms with Crippen molar-refractivity contribution in [3.05, 3.63) is 57.7 Å². The monoisotopic (exact) mass is 378 g/mol. The molecule has 0 saturated carbocycles. The molecule has 2 heterocycles. The number of nitrogens with one attached hydrogen (secondary N) is 3. The molecule has 0 bridgehead atoms. The molecule has 1 aromatic carbocycles. The van der Waals surface area contributed by atoms with Gasteiger partial charge in [-0.1, -0.05) is 19.1 Å². The van der Waals surface area contributed by atoms with Crippen LogP contribution < -0.4 is 5.56 Å². The standard InChI is InChI=1S/C18H20N6O2.C2H2/c1-4-6-13(17-20-23-24-21-17)10(3)15-16(19-22-18(15)26)12-7-8-14(25)11(5-2)9-12;1-2/h4,6-9,25H,5H2,1-3H3,(H2,19,22,26)(H,20,21,23,24);1-2H/b6-4-,13-10-;. The van der Waals surface area contributed by atoms with Crippen LogP contribution in [-0.2, 0) is 6.42 Å². The van der Waals surface area contributed by atoms with Gasteiger partial charge in [-0.2, -0.15) is 5.21 Å². The van der Waals surface area contributed by atoms with Crippen LogP contribution in [0.25, 0.3) is 22.4 Å². The van der Waals surface area contributed by atoms with Gasteiger partial charge in [0.25, 0.3) is 5.56 Å². The van der Waals surface area contributed by atoms with E-state index in [2.05, 4.69) is 43.7 Å². The smallest absolute Gasteiger partial charge is 0.272 e. The number of benzene rings is 1. The van der Waals surface area contributed by atoms with E-state index in [-0.39, 0.29) is 11.3 Å². The van der Waals surface area contributed by atoms with Crippen LogP contribution >= 0.6 is 0 Å². The van der Waals surface area contributed by atoms with Crippen molar-refractivity contribution in [3.8, 4) is 29.9 Å². The molecule has 2 aromatic heterocycles. The van der Waals surface area contributed by atoms with Crippen molar-refractivity contribution in [1.29, 1.82) is 0 Å². The maximum absolute atomic E-state index is 12.5. The molecule has 0 aliphatic carbocycles. The summed E-state index contributed by atoms with van der Waals surface area (Å²) in [5, 5.41) is 29.6. The van der Waals surface area contributed by atoms with Gasteiger partial charge >= 0.3 is 0 Å². The molecular formula is C20H22N6O2. The van der Waals surface area contributed by atoms with Gasteiger partial charge in [0, 0.05) is 11.1 Å². The lowest BCUT2D eigenvalue weighted by Crippen LogP contribution is -2.06. The Balaban J connectivity index is 0.00000136. The number of aryl methyl sites for hydroxylation is 1. The molecule has 0 amide bonds. The summed E-state index contributed by atoms with van der Waals surface area (Å²) in [4.78, 5) is 12.5. The van der Waals surface area contributed by atoms with E-state index < -0.39 is 0 Å². The summed E-state index contributed by atoms with van der Waals surface area (Å²) in [5.74, 6) is 0.649. The molecule has 144 valence electrons. The highest BCUT2D eigenvalue weighted by Gasteiger charge is 2.19. The molecule has 0 aliphatic heterocycles. The Hall–Kier alpha value is -3.86. The highest BCUT2D eigenvalue weighted by Crippen LogP contribution is 2.31. The van der Waals surface area contributed by atoms with Crippen LogP contribution in [0.15, 0.2) is 35.1 Å². The van der Waals surface area contributed by atoms with Gasteiger partial charge in [0.2, 0.25) is 5.82 Å². The summed E-state index contributed by atoms with van der Waals surface area (Å²) >= 11 is 0. The van der Waals surface area contributed by atoms with Crippen molar-refractivity contribution < 1.29 is 5.11 Å². The Morgan fingerprint density at radius 1 is 1.29 bits per heavy atom. The van der Waals surface area contributed by atoms with Gasteiger partial charge < -0.3 is 5.11 Å². The number of aromatic nitrogens is 6. The van der Waals surface area contributed by atoms with Gasteiger partial charge in [0.1, 0.15) is 5.75 Å². The maximum atomic E-state index is 12.5. The number of tetrazole rings is 1. The van der Waals surface area contributed by atoms with Gasteiger partial charge in [-0.15, -0.1) is 23.0 Å². The Morgan fingerprint density at radius 2 is 2.04 bits per heavy atom. The zero-order valence-corrected chi connectivity index (χ0v) is 15.9. The first-order valence-electron chi connectivity index (χ1n) is 8.60. The van der Waals surface area contributed by atoms with Gasteiger partial charge in [0.15, 0.2) is 0 Å². The molecule has 0 fully saturated rings. The first-order chi connectivity index (χ1) is 13.6. The SMILES string of the molecule is C#C.C/C=C\C(=C(/C)c1c(-c2ccc(O)c(CC)c2)[nH][nH]c1=O)c1nn[nH]n1. The zero-order chi connectivity index (χ0) is 20.7. The highest BCUT2D eigenvalue weighted by atomic mass is 16.3. The van der Waals surface area contributed by atoms with Crippen LogP contribution in [-0.4, -0.2) is 35.9 Å². The lowest BCUT2D eigenvalue weighted by atomic mass is 9.96. The van der Waals surface area contributed by atoms with E-state index in [9.17, 15) is 9.90 Å². The molecule has 28 heavy (non-hydrogen) atoms. The van der Waals surface area contributed by atoms with Crippen LogP contribution in [0, 0.1) is 12.8 Å². The maximum Gasteiger partial charge on any atom is 0.272 e. The van der Waals surface area contributed by atoms with Gasteiger partial charge in [-0.3, -0.25) is 15.0 Å². The molecule has 8 heteroatoms. The predicted molar refractivity (Wildman–Crippen MR) is 109 cm³/mol. The molecule has 0 unspecified atom stereocenters. The Labute approximate surface area is 162 Å². The number of aromatic hydroxyl groups is 1. The second-order valence-electron chi connectivity index (χ2n) is 5.80. The van der Waals surface area contributed by atoms with Crippen molar-refractivity contribution >= 4 is 11.1 Å². The molecule has 3 rings (SSSR count). The lowest BCUT2D eigenvalue weighted by molar-refractivity contribution is 0.469. The molecule has 4 N–H and O–H groups in total. The summed E-state index contributed by atoms with van der Waals surface area (Å²) in [7, 11) is 0. The Morgan fingerprint density at radius 3 is 2.64 bits per heavy atom. The van der Waals surface area contributed by atoms with E-state index in [1.165, 1.54) is 0 Å². The second kappa shape index (κ2) is 9.19.